The number of anilines is 3. The average molecular weight is 457 g/mol. The van der Waals surface area contributed by atoms with E-state index in [1.54, 1.807) is 10.3 Å². The van der Waals surface area contributed by atoms with Gasteiger partial charge in [0, 0.05) is 35.9 Å². The highest BCUT2D eigenvalue weighted by atomic mass is 32.2. The zero-order chi connectivity index (χ0) is 22.0. The number of carbonyl (C=O) groups is 2. The Hall–Kier alpha value is -3.24. The van der Waals surface area contributed by atoms with Crippen molar-refractivity contribution in [2.75, 3.05) is 21.5 Å². The minimum atomic E-state index is -3.76. The van der Waals surface area contributed by atoms with Crippen molar-refractivity contribution in [2.24, 2.45) is 5.92 Å². The molecule has 160 valence electrons. The van der Waals surface area contributed by atoms with E-state index in [0.717, 1.165) is 11.3 Å². The third-order valence-electron chi connectivity index (χ3n) is 4.90. The van der Waals surface area contributed by atoms with Gasteiger partial charge in [-0.3, -0.25) is 14.3 Å². The Kier molecular flexibility index (Phi) is 5.75. The van der Waals surface area contributed by atoms with Crippen LogP contribution in [0.4, 0.5) is 16.5 Å². The second kappa shape index (κ2) is 8.48. The minimum Gasteiger partial charge on any atom is -0.326 e. The summed E-state index contributed by atoms with van der Waals surface area (Å²) in [6.07, 6.45) is 1.64. The van der Waals surface area contributed by atoms with Gasteiger partial charge in [-0.25, -0.2) is 13.4 Å². The van der Waals surface area contributed by atoms with Gasteiger partial charge in [-0.2, -0.15) is 0 Å². The molecule has 1 aliphatic heterocycles. The standard InChI is InChI=1S/C21H20N4O4S2/c1-14-3-2-4-17(11-14)25-13-15(12-19(25)26)20(27)23-16-5-7-18(8-6-16)31(28,29)24-21-22-9-10-30-21/h2-11,15H,12-13H2,1H3,(H,22,24)(H,23,27). The number of amides is 2. The van der Waals surface area contributed by atoms with Crippen LogP contribution in [0.5, 0.6) is 0 Å². The van der Waals surface area contributed by atoms with Crippen molar-refractivity contribution >= 4 is 49.7 Å². The fourth-order valence-corrected chi connectivity index (χ4v) is 5.13. The van der Waals surface area contributed by atoms with Gasteiger partial charge in [0.1, 0.15) is 0 Å². The van der Waals surface area contributed by atoms with Crippen molar-refractivity contribution in [3.05, 3.63) is 65.7 Å². The molecule has 1 fully saturated rings. The van der Waals surface area contributed by atoms with Crippen LogP contribution in [-0.2, 0) is 19.6 Å². The summed E-state index contributed by atoms with van der Waals surface area (Å²) in [7, 11) is -3.76. The van der Waals surface area contributed by atoms with E-state index >= 15 is 0 Å². The summed E-state index contributed by atoms with van der Waals surface area (Å²) < 4.78 is 27.2. The fourth-order valence-electron chi connectivity index (χ4n) is 3.34. The predicted octanol–water partition coefficient (Wildman–Crippen LogP) is 3.24. The molecule has 1 unspecified atom stereocenters. The number of aromatic nitrogens is 1. The highest BCUT2D eigenvalue weighted by molar-refractivity contribution is 7.93. The zero-order valence-corrected chi connectivity index (χ0v) is 18.2. The first-order chi connectivity index (χ1) is 14.8. The van der Waals surface area contributed by atoms with Crippen LogP contribution in [0.2, 0.25) is 0 Å². The highest BCUT2D eigenvalue weighted by Crippen LogP contribution is 2.27. The number of nitrogens with one attached hydrogen (secondary N) is 2. The normalized spacial score (nSPS) is 16.4. The van der Waals surface area contributed by atoms with Gasteiger partial charge in [-0.05, 0) is 48.9 Å². The number of hydrogen-bond acceptors (Lipinski definition) is 6. The molecule has 2 amide bonds. The molecule has 0 spiro atoms. The third kappa shape index (κ3) is 4.75. The van der Waals surface area contributed by atoms with Crippen LogP contribution in [0.3, 0.4) is 0 Å². The van der Waals surface area contributed by atoms with Crippen LogP contribution >= 0.6 is 11.3 Å². The molecular formula is C21H20N4O4S2. The van der Waals surface area contributed by atoms with Crippen molar-refractivity contribution in [1.29, 1.82) is 0 Å². The number of sulfonamides is 1. The second-order valence-electron chi connectivity index (χ2n) is 7.20. The van der Waals surface area contributed by atoms with Gasteiger partial charge in [-0.15, -0.1) is 11.3 Å². The second-order valence-corrected chi connectivity index (χ2v) is 9.78. The summed E-state index contributed by atoms with van der Waals surface area (Å²) in [5, 5.41) is 4.72. The molecule has 31 heavy (non-hydrogen) atoms. The first kappa shape index (κ1) is 21.0. The summed E-state index contributed by atoms with van der Waals surface area (Å²) >= 11 is 1.18. The lowest BCUT2D eigenvalue weighted by atomic mass is 10.1. The van der Waals surface area contributed by atoms with Crippen LogP contribution in [0.1, 0.15) is 12.0 Å². The Bertz CT molecular complexity index is 1210. The molecule has 1 saturated heterocycles. The predicted molar refractivity (Wildman–Crippen MR) is 120 cm³/mol. The number of nitrogens with zero attached hydrogens (tertiary/aromatic N) is 2. The highest BCUT2D eigenvalue weighted by Gasteiger charge is 2.35. The minimum absolute atomic E-state index is 0.0577. The summed E-state index contributed by atoms with van der Waals surface area (Å²) in [5.74, 6) is -0.858. The molecule has 1 aromatic heterocycles. The van der Waals surface area contributed by atoms with Crippen molar-refractivity contribution in [3.63, 3.8) is 0 Å². The lowest BCUT2D eigenvalue weighted by Gasteiger charge is -2.17. The number of rotatable bonds is 6. The van der Waals surface area contributed by atoms with Gasteiger partial charge in [0.2, 0.25) is 11.8 Å². The van der Waals surface area contributed by atoms with Crippen LogP contribution < -0.4 is 14.9 Å². The van der Waals surface area contributed by atoms with E-state index < -0.39 is 15.9 Å². The Balaban J connectivity index is 1.40. The Morgan fingerprint density at radius 1 is 1.19 bits per heavy atom. The Morgan fingerprint density at radius 2 is 1.97 bits per heavy atom. The van der Waals surface area contributed by atoms with Gasteiger partial charge in [0.05, 0.1) is 10.8 Å². The van der Waals surface area contributed by atoms with Gasteiger partial charge in [0.15, 0.2) is 5.13 Å². The molecule has 0 aliphatic carbocycles. The van der Waals surface area contributed by atoms with Crippen LogP contribution in [0.15, 0.2) is 65.0 Å². The summed E-state index contributed by atoms with van der Waals surface area (Å²) in [4.78, 5) is 30.7. The van der Waals surface area contributed by atoms with E-state index in [9.17, 15) is 18.0 Å². The zero-order valence-electron chi connectivity index (χ0n) is 16.6. The molecule has 4 rings (SSSR count). The van der Waals surface area contributed by atoms with Crippen molar-refractivity contribution in [3.8, 4) is 0 Å². The van der Waals surface area contributed by atoms with Gasteiger partial charge < -0.3 is 10.2 Å². The molecular weight excluding hydrogens is 436 g/mol. The first-order valence-electron chi connectivity index (χ1n) is 9.52. The Labute approximate surface area is 184 Å². The largest absolute Gasteiger partial charge is 0.326 e. The lowest BCUT2D eigenvalue weighted by Crippen LogP contribution is -2.28. The fraction of sp³-hybridized carbons (Fsp3) is 0.190. The number of thiazole rings is 1. The van der Waals surface area contributed by atoms with E-state index in [4.69, 9.17) is 0 Å². The number of benzene rings is 2. The molecule has 2 N–H and O–H groups in total. The number of carbonyl (C=O) groups excluding carboxylic acids is 2. The van der Waals surface area contributed by atoms with Crippen molar-refractivity contribution in [2.45, 2.75) is 18.2 Å². The van der Waals surface area contributed by atoms with Crippen molar-refractivity contribution in [1.82, 2.24) is 4.98 Å². The van der Waals surface area contributed by atoms with Crippen LogP contribution in [-0.4, -0.2) is 31.8 Å². The quantitative estimate of drug-likeness (QED) is 0.592. The summed E-state index contributed by atoms with van der Waals surface area (Å²) in [6.45, 7) is 2.25. The molecule has 0 bridgehead atoms. The Morgan fingerprint density at radius 3 is 2.65 bits per heavy atom. The monoisotopic (exact) mass is 456 g/mol. The van der Waals surface area contributed by atoms with Gasteiger partial charge in [0.25, 0.3) is 10.0 Å². The van der Waals surface area contributed by atoms with Gasteiger partial charge >= 0.3 is 0 Å². The topological polar surface area (TPSA) is 108 Å². The summed E-state index contributed by atoms with van der Waals surface area (Å²) in [5.41, 5.74) is 2.28. The molecule has 8 nitrogen and oxygen atoms in total. The lowest BCUT2D eigenvalue weighted by molar-refractivity contribution is -0.122. The third-order valence-corrected chi connectivity index (χ3v) is 7.07. The smallest absolute Gasteiger partial charge is 0.263 e. The maximum absolute atomic E-state index is 12.7. The van der Waals surface area contributed by atoms with Crippen molar-refractivity contribution < 1.29 is 18.0 Å². The maximum Gasteiger partial charge on any atom is 0.263 e. The molecule has 2 aromatic carbocycles. The SMILES string of the molecule is Cc1cccc(N2CC(C(=O)Nc3ccc(S(=O)(=O)Nc4nccs4)cc3)CC2=O)c1. The van der Waals surface area contributed by atoms with Crippen LogP contribution in [0.25, 0.3) is 0 Å². The van der Waals surface area contributed by atoms with Gasteiger partial charge in [-0.1, -0.05) is 12.1 Å². The molecule has 1 atom stereocenters. The van der Waals surface area contributed by atoms with E-state index in [2.05, 4.69) is 15.0 Å². The molecule has 10 heteroatoms. The van der Waals surface area contributed by atoms with E-state index in [0.29, 0.717) is 12.2 Å². The molecule has 0 radical (unpaired) electrons. The van der Waals surface area contributed by atoms with Crippen LogP contribution in [0, 0.1) is 12.8 Å². The first-order valence-corrected chi connectivity index (χ1v) is 11.9. The van der Waals surface area contributed by atoms with E-state index in [-0.39, 0.29) is 28.3 Å². The number of aryl methyl sites for hydroxylation is 1. The van der Waals surface area contributed by atoms with E-state index in [1.807, 2.05) is 31.2 Å². The molecule has 0 saturated carbocycles. The number of hydrogen-bond donors (Lipinski definition) is 2. The molecule has 2 heterocycles. The maximum atomic E-state index is 12.7. The molecule has 3 aromatic rings. The summed E-state index contributed by atoms with van der Waals surface area (Å²) in [6, 6.07) is 13.4. The van der Waals surface area contributed by atoms with E-state index in [1.165, 1.54) is 41.8 Å². The average Bonchev–Trinajstić information content (AvgIpc) is 3.37. The molecule has 1 aliphatic rings.